The number of ether oxygens (including phenoxy) is 1. The van der Waals surface area contributed by atoms with Crippen LogP contribution in [0, 0.1) is 17.6 Å². The summed E-state index contributed by atoms with van der Waals surface area (Å²) in [5.74, 6) is -3.61. The Labute approximate surface area is 224 Å². The van der Waals surface area contributed by atoms with Crippen LogP contribution in [0.2, 0.25) is 0 Å². The van der Waals surface area contributed by atoms with Gasteiger partial charge in [0.1, 0.15) is 17.4 Å². The van der Waals surface area contributed by atoms with Crippen molar-refractivity contribution in [3.05, 3.63) is 101 Å². The van der Waals surface area contributed by atoms with E-state index in [1.165, 1.54) is 12.1 Å². The molecule has 2 amide bonds. The molecule has 1 atom stereocenters. The van der Waals surface area contributed by atoms with Gasteiger partial charge in [0, 0.05) is 24.4 Å². The third-order valence-electron chi connectivity index (χ3n) is 6.71. The molecule has 1 unspecified atom stereocenters. The van der Waals surface area contributed by atoms with E-state index in [4.69, 9.17) is 0 Å². The van der Waals surface area contributed by atoms with Crippen LogP contribution in [0.1, 0.15) is 29.5 Å². The van der Waals surface area contributed by atoms with Crippen LogP contribution in [0.3, 0.4) is 0 Å². The summed E-state index contributed by atoms with van der Waals surface area (Å²) in [5, 5.41) is 5.27. The van der Waals surface area contributed by atoms with Crippen LogP contribution in [0.5, 0.6) is 5.75 Å². The van der Waals surface area contributed by atoms with Crippen molar-refractivity contribution >= 4 is 6.03 Å². The molecular weight excluding hydrogens is 548 g/mol. The number of amides is 2. The highest BCUT2D eigenvalue weighted by Crippen LogP contribution is 2.38. The Kier molecular flexibility index (Phi) is 8.55. The molecule has 0 radical (unpaired) electrons. The van der Waals surface area contributed by atoms with Crippen molar-refractivity contribution in [3.63, 3.8) is 0 Å². The third kappa shape index (κ3) is 6.65. The Morgan fingerprint density at radius 3 is 2.12 bits per heavy atom. The summed E-state index contributed by atoms with van der Waals surface area (Å²) in [6, 6.07) is 13.9. The summed E-state index contributed by atoms with van der Waals surface area (Å²) in [7, 11) is 0. The maximum absolute atomic E-state index is 14.8. The van der Waals surface area contributed by atoms with Gasteiger partial charge < -0.3 is 15.4 Å². The van der Waals surface area contributed by atoms with Crippen LogP contribution >= 0.6 is 0 Å². The normalized spacial score (nSPS) is 18.6. The van der Waals surface area contributed by atoms with E-state index < -0.39 is 59.9 Å². The molecule has 0 spiro atoms. The highest BCUT2D eigenvalue weighted by molar-refractivity contribution is 5.76. The van der Waals surface area contributed by atoms with Crippen molar-refractivity contribution in [2.45, 2.75) is 49.8 Å². The Balaban J connectivity index is 1.80. The Bertz CT molecular complexity index is 1300. The molecule has 0 heterocycles. The van der Waals surface area contributed by atoms with E-state index in [9.17, 15) is 39.9 Å². The molecule has 1 aliphatic carbocycles. The second kappa shape index (κ2) is 11.7. The summed E-state index contributed by atoms with van der Waals surface area (Å²) in [5.41, 5.74) is -1.22. The summed E-state index contributed by atoms with van der Waals surface area (Å²) >= 11 is 0. The quantitative estimate of drug-likeness (QED) is 0.257. The van der Waals surface area contributed by atoms with Crippen molar-refractivity contribution in [1.29, 1.82) is 0 Å². The van der Waals surface area contributed by atoms with Crippen molar-refractivity contribution in [3.8, 4) is 5.75 Å². The first-order valence-electron chi connectivity index (χ1n) is 12.2. The zero-order valence-corrected chi connectivity index (χ0v) is 20.7. The monoisotopic (exact) mass is 572 g/mol. The number of carbonyl (C=O) groups is 1. The molecule has 1 fully saturated rings. The summed E-state index contributed by atoms with van der Waals surface area (Å²) < 4.78 is 112. The molecule has 3 aromatic rings. The first-order chi connectivity index (χ1) is 18.9. The predicted octanol–water partition coefficient (Wildman–Crippen LogP) is 7.03. The van der Waals surface area contributed by atoms with Gasteiger partial charge >= 0.3 is 18.6 Å². The van der Waals surface area contributed by atoms with Gasteiger partial charge in [-0.1, -0.05) is 42.5 Å². The Morgan fingerprint density at radius 1 is 0.875 bits per heavy atom. The molecule has 0 aliphatic heterocycles. The Morgan fingerprint density at radius 2 is 1.52 bits per heavy atom. The minimum atomic E-state index is -4.95. The van der Waals surface area contributed by atoms with Crippen molar-refractivity contribution < 1.29 is 44.7 Å². The van der Waals surface area contributed by atoms with Crippen LogP contribution in [-0.2, 0) is 12.0 Å². The van der Waals surface area contributed by atoms with E-state index in [0.29, 0.717) is 11.6 Å². The van der Waals surface area contributed by atoms with Gasteiger partial charge in [-0.25, -0.2) is 22.4 Å². The topological polar surface area (TPSA) is 50.4 Å². The minimum absolute atomic E-state index is 0.0218. The smallest absolute Gasteiger partial charge is 0.428 e. The SMILES string of the molecule is O=C(NC1CC(C(F)F)C1)NC(Cc1ccccc1)(c1ccc(F)cc1)c1cc(F)cc(OC(F)(F)C(F)F)c1. The molecule has 0 saturated heterocycles. The molecule has 1 aliphatic rings. The zero-order chi connectivity index (χ0) is 29.1. The maximum atomic E-state index is 14.8. The van der Waals surface area contributed by atoms with Gasteiger partial charge in [-0.2, -0.15) is 17.6 Å². The van der Waals surface area contributed by atoms with E-state index >= 15 is 0 Å². The molecule has 2 N–H and O–H groups in total. The Hall–Kier alpha value is -3.83. The van der Waals surface area contributed by atoms with Gasteiger partial charge in [0.2, 0.25) is 6.43 Å². The van der Waals surface area contributed by atoms with Crippen LogP contribution < -0.4 is 15.4 Å². The number of halogens is 8. The summed E-state index contributed by atoms with van der Waals surface area (Å²) in [6.07, 6.45) is -11.8. The lowest BCUT2D eigenvalue weighted by Crippen LogP contribution is -2.56. The maximum Gasteiger partial charge on any atom is 0.461 e. The fraction of sp³-hybridized carbons (Fsp3) is 0.321. The largest absolute Gasteiger partial charge is 0.461 e. The number of rotatable bonds is 10. The molecular formula is C28H24F8N2O2. The van der Waals surface area contributed by atoms with E-state index in [1.807, 2.05) is 0 Å². The molecule has 0 aromatic heterocycles. The van der Waals surface area contributed by atoms with Crippen LogP contribution in [0.4, 0.5) is 39.9 Å². The van der Waals surface area contributed by atoms with E-state index in [-0.39, 0.29) is 30.4 Å². The number of hydrogen-bond acceptors (Lipinski definition) is 2. The molecule has 4 nitrogen and oxygen atoms in total. The summed E-state index contributed by atoms with van der Waals surface area (Å²) in [6.45, 7) is 0. The lowest BCUT2D eigenvalue weighted by atomic mass is 9.77. The number of benzene rings is 3. The average Bonchev–Trinajstić information content (AvgIpc) is 2.85. The van der Waals surface area contributed by atoms with Gasteiger partial charge in [0.15, 0.2) is 0 Å². The van der Waals surface area contributed by atoms with Gasteiger partial charge in [-0.05, 0) is 53.8 Å². The number of urea groups is 1. The predicted molar refractivity (Wildman–Crippen MR) is 129 cm³/mol. The van der Waals surface area contributed by atoms with Gasteiger partial charge in [0.05, 0.1) is 5.54 Å². The number of hydrogen-bond donors (Lipinski definition) is 2. The van der Waals surface area contributed by atoms with E-state index in [2.05, 4.69) is 15.4 Å². The zero-order valence-electron chi connectivity index (χ0n) is 20.7. The molecule has 12 heteroatoms. The molecule has 4 rings (SSSR count). The number of nitrogens with one attached hydrogen (secondary N) is 2. The van der Waals surface area contributed by atoms with Crippen LogP contribution in [0.25, 0.3) is 0 Å². The van der Waals surface area contributed by atoms with Crippen molar-refractivity contribution in [1.82, 2.24) is 10.6 Å². The lowest BCUT2D eigenvalue weighted by Gasteiger charge is -2.39. The highest BCUT2D eigenvalue weighted by atomic mass is 19.3. The fourth-order valence-electron chi connectivity index (χ4n) is 4.67. The van der Waals surface area contributed by atoms with Crippen LogP contribution in [0.15, 0.2) is 72.8 Å². The van der Waals surface area contributed by atoms with Crippen molar-refractivity contribution in [2.24, 2.45) is 5.92 Å². The highest BCUT2D eigenvalue weighted by Gasteiger charge is 2.45. The summed E-state index contributed by atoms with van der Waals surface area (Å²) in [4.78, 5) is 13.2. The standard InChI is InChI=1S/C28H24F8N2O2/c29-20-8-6-18(7-9-20)27(15-16-4-2-1-3-5-16,38-26(39)37-22-10-17(11-22)24(31)32)19-12-21(30)14-23(13-19)40-28(35,36)25(33)34/h1-9,12-14,17,22,24-25H,10-11,15H2,(H2,37,38,39). The van der Waals surface area contributed by atoms with Crippen LogP contribution in [-0.4, -0.2) is 31.0 Å². The third-order valence-corrected chi connectivity index (χ3v) is 6.71. The number of carbonyl (C=O) groups excluding carboxylic acids is 1. The molecule has 3 aromatic carbocycles. The van der Waals surface area contributed by atoms with E-state index in [1.54, 1.807) is 30.3 Å². The molecule has 0 bridgehead atoms. The number of alkyl halides is 6. The second-order valence-corrected chi connectivity index (χ2v) is 9.58. The minimum Gasteiger partial charge on any atom is -0.428 e. The van der Waals surface area contributed by atoms with Gasteiger partial charge in [0.25, 0.3) is 0 Å². The fourth-order valence-corrected chi connectivity index (χ4v) is 4.67. The van der Waals surface area contributed by atoms with E-state index in [0.717, 1.165) is 24.3 Å². The molecule has 214 valence electrons. The second-order valence-electron chi connectivity index (χ2n) is 9.58. The first-order valence-corrected chi connectivity index (χ1v) is 12.2. The average molecular weight is 572 g/mol. The van der Waals surface area contributed by atoms with Gasteiger partial charge in [-0.15, -0.1) is 0 Å². The lowest BCUT2D eigenvalue weighted by molar-refractivity contribution is -0.253. The van der Waals surface area contributed by atoms with Crippen molar-refractivity contribution in [2.75, 3.05) is 0 Å². The first kappa shape index (κ1) is 29.2. The molecule has 1 saturated carbocycles. The molecule has 40 heavy (non-hydrogen) atoms. The van der Waals surface area contributed by atoms with Gasteiger partial charge in [-0.3, -0.25) is 0 Å².